The number of nitrogens with zero attached hydrogens (tertiary/aromatic N) is 1. The molecule has 2 atom stereocenters. The molecule has 0 aromatic heterocycles. The van der Waals surface area contributed by atoms with Gasteiger partial charge in [0.2, 0.25) is 0 Å². The van der Waals surface area contributed by atoms with Gasteiger partial charge in [0.1, 0.15) is 19.8 Å². The normalized spacial score (nSPS) is 13.8. The highest BCUT2D eigenvalue weighted by molar-refractivity contribution is 7.47. The molecular weight excluding hydrogens is 725 g/mol. The van der Waals surface area contributed by atoms with Crippen LogP contribution in [0.25, 0.3) is 0 Å². The first kappa shape index (κ1) is 54.5. The molecule has 0 radical (unpaired) electrons. The maximum absolute atomic E-state index is 12.7. The van der Waals surface area contributed by atoms with Crippen LogP contribution < -0.4 is 0 Å². The van der Waals surface area contributed by atoms with Gasteiger partial charge < -0.3 is 18.9 Å². The van der Waals surface area contributed by atoms with E-state index in [0.29, 0.717) is 17.4 Å². The number of esters is 2. The van der Waals surface area contributed by atoms with Gasteiger partial charge in [-0.05, 0) is 64.2 Å². The number of unbranched alkanes of at least 4 members (excludes halogenated alkanes) is 24. The van der Waals surface area contributed by atoms with Crippen LogP contribution in [0.1, 0.15) is 206 Å². The van der Waals surface area contributed by atoms with Crippen LogP contribution in [0.3, 0.4) is 0 Å². The average Bonchev–Trinajstić information content (AvgIpc) is 3.15. The molecule has 0 spiro atoms. The van der Waals surface area contributed by atoms with Crippen molar-refractivity contribution in [3.05, 3.63) is 24.3 Å². The standard InChI is InChI=1S/C46H88NO8P/c1-6-8-10-12-14-16-18-20-22-24-26-28-30-32-34-36-38-45(48)52-42-44(43-54-56(50,51)53-41-40-47(3,4)5)55-46(49)39-37-35-33-31-29-27-25-23-21-19-17-15-13-11-9-7-2/h22-25,44H,6-21,26-43H2,1-5H3/p+1/b24-22-,25-23-. The van der Waals surface area contributed by atoms with Crippen LogP contribution in [0.2, 0.25) is 0 Å². The highest BCUT2D eigenvalue weighted by atomic mass is 31.2. The average molecular weight is 815 g/mol. The van der Waals surface area contributed by atoms with Crippen molar-refractivity contribution in [3.8, 4) is 0 Å². The predicted molar refractivity (Wildman–Crippen MR) is 234 cm³/mol. The summed E-state index contributed by atoms with van der Waals surface area (Å²) in [5.74, 6) is -0.812. The fourth-order valence-corrected chi connectivity index (χ4v) is 7.04. The summed E-state index contributed by atoms with van der Waals surface area (Å²) in [4.78, 5) is 35.4. The number of phosphoric acid groups is 1. The Morgan fingerprint density at radius 2 is 0.911 bits per heavy atom. The highest BCUT2D eigenvalue weighted by Gasteiger charge is 2.27. The first-order chi connectivity index (χ1) is 27.0. The molecule has 0 aliphatic carbocycles. The number of phosphoric ester groups is 1. The Hall–Kier alpha value is -1.51. The Kier molecular flexibility index (Phi) is 37.9. The molecule has 0 rings (SSSR count). The van der Waals surface area contributed by atoms with Crippen molar-refractivity contribution in [2.45, 2.75) is 213 Å². The molecule has 10 heteroatoms. The van der Waals surface area contributed by atoms with Gasteiger partial charge in [0.25, 0.3) is 0 Å². The quantitative estimate of drug-likeness (QED) is 0.0213. The van der Waals surface area contributed by atoms with Crippen LogP contribution in [0, 0.1) is 0 Å². The number of likely N-dealkylation sites (N-methyl/N-ethyl adjacent to an activating group) is 1. The molecule has 1 N–H and O–H groups in total. The molecule has 0 saturated heterocycles. The van der Waals surface area contributed by atoms with E-state index < -0.39 is 26.5 Å². The minimum Gasteiger partial charge on any atom is -0.462 e. The summed E-state index contributed by atoms with van der Waals surface area (Å²) in [6.45, 7) is 4.41. The van der Waals surface area contributed by atoms with E-state index in [4.69, 9.17) is 18.5 Å². The molecule has 0 aliphatic heterocycles. The Balaban J connectivity index is 4.35. The fourth-order valence-electron chi connectivity index (χ4n) is 6.30. The molecule has 0 aliphatic rings. The summed E-state index contributed by atoms with van der Waals surface area (Å²) >= 11 is 0. The monoisotopic (exact) mass is 815 g/mol. The van der Waals surface area contributed by atoms with Gasteiger partial charge >= 0.3 is 19.8 Å². The molecule has 0 bridgehead atoms. The van der Waals surface area contributed by atoms with Crippen molar-refractivity contribution in [1.29, 1.82) is 0 Å². The van der Waals surface area contributed by atoms with E-state index in [0.717, 1.165) is 70.6 Å². The SMILES string of the molecule is CCCCCCCCC/C=C\CCCCCCCC(=O)OCC(COP(=O)(O)OCC[N+](C)(C)C)OC(=O)CCCCCCC/C=C\CCCCCCCCC. The minimum atomic E-state index is -4.38. The summed E-state index contributed by atoms with van der Waals surface area (Å²) in [6.07, 6.45) is 42.2. The molecule has 0 amide bonds. The lowest BCUT2D eigenvalue weighted by Crippen LogP contribution is -2.37. The number of rotatable bonds is 42. The second-order valence-electron chi connectivity index (χ2n) is 16.8. The molecule has 330 valence electrons. The molecule has 0 heterocycles. The van der Waals surface area contributed by atoms with E-state index in [2.05, 4.69) is 38.2 Å². The van der Waals surface area contributed by atoms with Gasteiger partial charge in [-0.1, -0.05) is 154 Å². The lowest BCUT2D eigenvalue weighted by molar-refractivity contribution is -0.870. The van der Waals surface area contributed by atoms with Crippen molar-refractivity contribution in [1.82, 2.24) is 0 Å². The number of allylic oxidation sites excluding steroid dienone is 4. The summed E-state index contributed by atoms with van der Waals surface area (Å²) in [5, 5.41) is 0. The van der Waals surface area contributed by atoms with E-state index in [1.54, 1.807) is 0 Å². The summed E-state index contributed by atoms with van der Waals surface area (Å²) in [5.41, 5.74) is 0. The van der Waals surface area contributed by atoms with Gasteiger partial charge in [0.05, 0.1) is 27.7 Å². The van der Waals surface area contributed by atoms with Gasteiger partial charge in [-0.2, -0.15) is 0 Å². The predicted octanol–water partition coefficient (Wildman–Crippen LogP) is 13.1. The molecule has 2 unspecified atom stereocenters. The van der Waals surface area contributed by atoms with Crippen molar-refractivity contribution >= 4 is 19.8 Å². The topological polar surface area (TPSA) is 108 Å². The van der Waals surface area contributed by atoms with Crippen molar-refractivity contribution in [2.24, 2.45) is 0 Å². The number of hydrogen-bond donors (Lipinski definition) is 1. The Labute approximate surface area is 345 Å². The fraction of sp³-hybridized carbons (Fsp3) is 0.870. The van der Waals surface area contributed by atoms with Crippen LogP contribution in [0.4, 0.5) is 0 Å². The second kappa shape index (κ2) is 39.0. The highest BCUT2D eigenvalue weighted by Crippen LogP contribution is 2.43. The summed E-state index contributed by atoms with van der Waals surface area (Å²) < 4.78 is 34.3. The minimum absolute atomic E-state index is 0.0300. The van der Waals surface area contributed by atoms with Gasteiger partial charge in [-0.3, -0.25) is 18.6 Å². The number of carbonyl (C=O) groups excluding carboxylic acids is 2. The van der Waals surface area contributed by atoms with Crippen molar-refractivity contribution < 1.29 is 42.1 Å². The molecule has 0 fully saturated rings. The third-order valence-electron chi connectivity index (χ3n) is 9.95. The van der Waals surface area contributed by atoms with E-state index in [1.165, 1.54) is 103 Å². The Morgan fingerprint density at radius 3 is 1.32 bits per heavy atom. The van der Waals surface area contributed by atoms with E-state index >= 15 is 0 Å². The first-order valence-corrected chi connectivity index (χ1v) is 24.6. The number of hydrogen-bond acceptors (Lipinski definition) is 7. The van der Waals surface area contributed by atoms with Crippen LogP contribution in [0.5, 0.6) is 0 Å². The lowest BCUT2D eigenvalue weighted by Gasteiger charge is -2.24. The Morgan fingerprint density at radius 1 is 0.536 bits per heavy atom. The zero-order valence-electron chi connectivity index (χ0n) is 37.1. The summed E-state index contributed by atoms with van der Waals surface area (Å²) in [6, 6.07) is 0. The number of carbonyl (C=O) groups is 2. The van der Waals surface area contributed by atoms with Crippen LogP contribution in [0.15, 0.2) is 24.3 Å². The number of quaternary nitrogens is 1. The van der Waals surface area contributed by atoms with Gasteiger partial charge in [-0.15, -0.1) is 0 Å². The molecular formula is C46H89NO8P+. The smallest absolute Gasteiger partial charge is 0.462 e. The lowest BCUT2D eigenvalue weighted by atomic mass is 10.1. The van der Waals surface area contributed by atoms with E-state index in [1.807, 2.05) is 21.1 Å². The zero-order chi connectivity index (χ0) is 41.4. The second-order valence-corrected chi connectivity index (χ2v) is 18.2. The Bertz CT molecular complexity index is 1010. The molecule has 9 nitrogen and oxygen atoms in total. The number of ether oxygens (including phenoxy) is 2. The van der Waals surface area contributed by atoms with Crippen LogP contribution in [-0.4, -0.2) is 74.9 Å². The van der Waals surface area contributed by atoms with E-state index in [9.17, 15) is 19.0 Å². The first-order valence-electron chi connectivity index (χ1n) is 23.1. The molecule has 0 saturated carbocycles. The molecule has 0 aromatic carbocycles. The summed E-state index contributed by atoms with van der Waals surface area (Å²) in [7, 11) is 1.47. The van der Waals surface area contributed by atoms with Crippen molar-refractivity contribution in [2.75, 3.05) is 47.5 Å². The van der Waals surface area contributed by atoms with Gasteiger partial charge in [-0.25, -0.2) is 4.57 Å². The van der Waals surface area contributed by atoms with Crippen molar-refractivity contribution in [3.63, 3.8) is 0 Å². The maximum Gasteiger partial charge on any atom is 0.472 e. The molecule has 56 heavy (non-hydrogen) atoms. The van der Waals surface area contributed by atoms with Crippen LogP contribution >= 0.6 is 7.82 Å². The zero-order valence-corrected chi connectivity index (χ0v) is 38.0. The third kappa shape index (κ3) is 42.1. The maximum atomic E-state index is 12.7. The largest absolute Gasteiger partial charge is 0.472 e. The third-order valence-corrected chi connectivity index (χ3v) is 10.9. The van der Waals surface area contributed by atoms with Gasteiger partial charge in [0, 0.05) is 12.8 Å². The van der Waals surface area contributed by atoms with Crippen LogP contribution in [-0.2, 0) is 32.7 Å². The van der Waals surface area contributed by atoms with E-state index in [-0.39, 0.29) is 32.0 Å². The molecule has 0 aromatic rings. The van der Waals surface area contributed by atoms with Gasteiger partial charge in [0.15, 0.2) is 6.10 Å².